The first kappa shape index (κ1) is 15.1. The van der Waals surface area contributed by atoms with Gasteiger partial charge in [-0.05, 0) is 58.2 Å². The van der Waals surface area contributed by atoms with E-state index >= 15 is 0 Å². The van der Waals surface area contributed by atoms with Crippen LogP contribution in [0.3, 0.4) is 0 Å². The lowest BCUT2D eigenvalue weighted by Gasteiger charge is -2.31. The number of imidazole rings is 1. The topological polar surface area (TPSA) is 43.2 Å². The van der Waals surface area contributed by atoms with Crippen molar-refractivity contribution >= 4 is 11.2 Å². The third kappa shape index (κ3) is 2.66. The van der Waals surface area contributed by atoms with Crippen LogP contribution >= 0.6 is 0 Å². The van der Waals surface area contributed by atoms with Gasteiger partial charge in [-0.15, -0.1) is 0 Å². The van der Waals surface area contributed by atoms with E-state index in [2.05, 4.69) is 34.4 Å². The van der Waals surface area contributed by atoms with Gasteiger partial charge in [0.1, 0.15) is 11.3 Å². The summed E-state index contributed by atoms with van der Waals surface area (Å²) < 4.78 is 8.00. The Hall–Kier alpha value is -1.46. The molecule has 2 aromatic heterocycles. The van der Waals surface area contributed by atoms with Gasteiger partial charge in [0.15, 0.2) is 5.65 Å². The Labute approximate surface area is 137 Å². The van der Waals surface area contributed by atoms with E-state index in [1.165, 1.54) is 25.2 Å². The number of likely N-dealkylation sites (tertiary alicyclic amines) is 1. The minimum Gasteiger partial charge on any atom is -0.381 e. The molecule has 2 aliphatic rings. The Morgan fingerprint density at radius 3 is 2.83 bits per heavy atom. The van der Waals surface area contributed by atoms with Crippen LogP contribution in [0.5, 0.6) is 0 Å². The monoisotopic (exact) mass is 314 g/mol. The third-order valence-electron chi connectivity index (χ3n) is 5.29. The number of rotatable bonds is 3. The second-order valence-electron chi connectivity index (χ2n) is 7.02. The van der Waals surface area contributed by atoms with Crippen LogP contribution in [0.2, 0.25) is 0 Å². The Kier molecular flexibility index (Phi) is 4.07. The summed E-state index contributed by atoms with van der Waals surface area (Å²) in [6.07, 6.45) is 6.46. The summed E-state index contributed by atoms with van der Waals surface area (Å²) in [4.78, 5) is 12.3. The average Bonchev–Trinajstić information content (AvgIpc) is 3.20. The van der Waals surface area contributed by atoms with Crippen LogP contribution in [-0.4, -0.2) is 45.2 Å². The van der Waals surface area contributed by atoms with E-state index in [-0.39, 0.29) is 0 Å². The molecule has 2 fully saturated rings. The quantitative estimate of drug-likeness (QED) is 0.871. The van der Waals surface area contributed by atoms with Crippen molar-refractivity contribution in [2.45, 2.75) is 57.7 Å². The van der Waals surface area contributed by atoms with Crippen LogP contribution in [0.1, 0.15) is 57.4 Å². The van der Waals surface area contributed by atoms with Crippen molar-refractivity contribution in [3.63, 3.8) is 0 Å². The molecule has 2 aromatic rings. The van der Waals surface area contributed by atoms with Crippen molar-refractivity contribution in [1.82, 2.24) is 19.4 Å². The number of hydrogen-bond donors (Lipinski definition) is 0. The van der Waals surface area contributed by atoms with Gasteiger partial charge >= 0.3 is 0 Å². The van der Waals surface area contributed by atoms with Gasteiger partial charge < -0.3 is 9.30 Å². The molecule has 0 spiro atoms. The zero-order valence-corrected chi connectivity index (χ0v) is 14.1. The highest BCUT2D eigenvalue weighted by Gasteiger charge is 2.34. The Morgan fingerprint density at radius 2 is 2.04 bits per heavy atom. The van der Waals surface area contributed by atoms with Gasteiger partial charge in [-0.25, -0.2) is 9.97 Å². The molecule has 0 aromatic carbocycles. The fraction of sp³-hybridized carbons (Fsp3) is 0.667. The summed E-state index contributed by atoms with van der Waals surface area (Å²) in [6.45, 7) is 7.44. The molecule has 0 bridgehead atoms. The second kappa shape index (κ2) is 6.21. The molecule has 2 aliphatic heterocycles. The fourth-order valence-electron chi connectivity index (χ4n) is 4.17. The lowest BCUT2D eigenvalue weighted by Crippen LogP contribution is -2.33. The zero-order chi connectivity index (χ0) is 15.8. The first-order valence-corrected chi connectivity index (χ1v) is 8.92. The van der Waals surface area contributed by atoms with Gasteiger partial charge in [-0.1, -0.05) is 0 Å². The number of aromatic nitrogens is 3. The van der Waals surface area contributed by atoms with E-state index in [4.69, 9.17) is 9.72 Å². The normalized spacial score (nSPS) is 24.0. The maximum atomic E-state index is 5.57. The molecule has 4 heterocycles. The van der Waals surface area contributed by atoms with E-state index in [0.29, 0.717) is 18.1 Å². The number of nitrogens with zero attached hydrogens (tertiary/aromatic N) is 4. The zero-order valence-electron chi connectivity index (χ0n) is 14.1. The standard InChI is InChI=1S/C18H26N4O/c1-13(2)21-10-4-6-16(21)18-20-15-5-3-9-19-17(15)22(18)14-7-11-23-12-8-14/h3,5,9,13-14,16H,4,6-8,10-12H2,1-2H3. The molecule has 0 N–H and O–H groups in total. The Balaban J connectivity index is 1.81. The summed E-state index contributed by atoms with van der Waals surface area (Å²) in [5.41, 5.74) is 2.08. The van der Waals surface area contributed by atoms with Crippen molar-refractivity contribution < 1.29 is 4.74 Å². The first-order valence-electron chi connectivity index (χ1n) is 8.92. The molecule has 1 atom stereocenters. The van der Waals surface area contributed by atoms with Gasteiger partial charge in [-0.3, -0.25) is 4.90 Å². The number of ether oxygens (including phenoxy) is 1. The predicted octanol–water partition coefficient (Wildman–Crippen LogP) is 3.33. The Bertz CT molecular complexity index is 675. The number of fused-ring (bicyclic) bond motifs is 1. The van der Waals surface area contributed by atoms with Crippen LogP contribution in [0.15, 0.2) is 18.3 Å². The second-order valence-corrected chi connectivity index (χ2v) is 7.02. The lowest BCUT2D eigenvalue weighted by atomic mass is 10.1. The minimum atomic E-state index is 0.423. The lowest BCUT2D eigenvalue weighted by molar-refractivity contribution is 0.0680. The van der Waals surface area contributed by atoms with E-state index in [1.807, 2.05) is 12.3 Å². The molecule has 0 saturated carbocycles. The summed E-state index contributed by atoms with van der Waals surface area (Å²) >= 11 is 0. The molecule has 4 rings (SSSR count). The molecule has 0 radical (unpaired) electrons. The average molecular weight is 314 g/mol. The van der Waals surface area contributed by atoms with Gasteiger partial charge in [0.2, 0.25) is 0 Å². The molecular weight excluding hydrogens is 288 g/mol. The molecule has 124 valence electrons. The maximum absolute atomic E-state index is 5.57. The van der Waals surface area contributed by atoms with Gasteiger partial charge in [-0.2, -0.15) is 0 Å². The van der Waals surface area contributed by atoms with E-state index in [0.717, 1.165) is 37.2 Å². The van der Waals surface area contributed by atoms with Crippen LogP contribution in [0.4, 0.5) is 0 Å². The third-order valence-corrected chi connectivity index (χ3v) is 5.29. The molecule has 1 unspecified atom stereocenters. The minimum absolute atomic E-state index is 0.423. The van der Waals surface area contributed by atoms with Crippen molar-refractivity contribution in [3.8, 4) is 0 Å². The first-order chi connectivity index (χ1) is 11.3. The summed E-state index contributed by atoms with van der Waals surface area (Å²) in [5.74, 6) is 1.22. The van der Waals surface area contributed by atoms with Crippen LogP contribution < -0.4 is 0 Å². The van der Waals surface area contributed by atoms with Crippen LogP contribution in [-0.2, 0) is 4.74 Å². The van der Waals surface area contributed by atoms with Crippen molar-refractivity contribution in [2.75, 3.05) is 19.8 Å². The highest BCUT2D eigenvalue weighted by molar-refractivity contribution is 5.71. The Morgan fingerprint density at radius 1 is 1.22 bits per heavy atom. The highest BCUT2D eigenvalue weighted by Crippen LogP contribution is 2.37. The molecule has 0 amide bonds. The van der Waals surface area contributed by atoms with E-state index in [1.54, 1.807) is 0 Å². The largest absolute Gasteiger partial charge is 0.381 e. The van der Waals surface area contributed by atoms with E-state index < -0.39 is 0 Å². The maximum Gasteiger partial charge on any atom is 0.160 e. The molecule has 2 saturated heterocycles. The van der Waals surface area contributed by atoms with Gasteiger partial charge in [0.25, 0.3) is 0 Å². The molecule has 0 aliphatic carbocycles. The van der Waals surface area contributed by atoms with Gasteiger partial charge in [0.05, 0.1) is 6.04 Å². The molecule has 5 nitrogen and oxygen atoms in total. The molecule has 5 heteroatoms. The predicted molar refractivity (Wildman–Crippen MR) is 90.4 cm³/mol. The van der Waals surface area contributed by atoms with Crippen LogP contribution in [0, 0.1) is 0 Å². The smallest absolute Gasteiger partial charge is 0.160 e. The number of pyridine rings is 1. The highest BCUT2D eigenvalue weighted by atomic mass is 16.5. The summed E-state index contributed by atoms with van der Waals surface area (Å²) in [7, 11) is 0. The fourth-order valence-corrected chi connectivity index (χ4v) is 4.17. The van der Waals surface area contributed by atoms with Crippen LogP contribution in [0.25, 0.3) is 11.2 Å². The molecular formula is C18H26N4O. The van der Waals surface area contributed by atoms with Crippen molar-refractivity contribution in [3.05, 3.63) is 24.2 Å². The van der Waals surface area contributed by atoms with Crippen molar-refractivity contribution in [2.24, 2.45) is 0 Å². The summed E-state index contributed by atoms with van der Waals surface area (Å²) in [5, 5.41) is 0. The van der Waals surface area contributed by atoms with E-state index in [9.17, 15) is 0 Å². The summed E-state index contributed by atoms with van der Waals surface area (Å²) in [6, 6.07) is 5.53. The number of hydrogen-bond acceptors (Lipinski definition) is 4. The van der Waals surface area contributed by atoms with Gasteiger partial charge in [0, 0.05) is 31.5 Å². The SMILES string of the molecule is CC(C)N1CCCC1c1nc2cccnc2n1C1CCOCC1. The molecule has 23 heavy (non-hydrogen) atoms. The van der Waals surface area contributed by atoms with Crippen molar-refractivity contribution in [1.29, 1.82) is 0 Å².